The van der Waals surface area contributed by atoms with Crippen LogP contribution in [-0.4, -0.2) is 65.5 Å². The number of nitrogens with two attached hydrogens (primary N) is 1. The maximum absolute atomic E-state index is 13.8. The fraction of sp³-hybridized carbons (Fsp3) is 0.476. The van der Waals surface area contributed by atoms with Crippen LogP contribution in [0, 0.1) is 39.5 Å². The predicted octanol–water partition coefficient (Wildman–Crippen LogP) is 5.37. The third-order valence-corrected chi connectivity index (χ3v) is 14.1. The number of nitrogens with one attached hydrogen (secondary N) is 4. The number of anilines is 2. The summed E-state index contributed by atoms with van der Waals surface area (Å²) in [5, 5.41) is 8.73. The van der Waals surface area contributed by atoms with E-state index in [9.17, 15) is 31.2 Å². The number of aryl methyl sites for hydroxylation is 1. The van der Waals surface area contributed by atoms with Crippen molar-refractivity contribution in [3.05, 3.63) is 76.3 Å². The second kappa shape index (κ2) is 18.0. The summed E-state index contributed by atoms with van der Waals surface area (Å²) < 4.78 is 65.5. The highest BCUT2D eigenvalue weighted by molar-refractivity contribution is 7.90. The summed E-state index contributed by atoms with van der Waals surface area (Å²) in [6.45, 7) is 10.6. The van der Waals surface area contributed by atoms with Gasteiger partial charge >= 0.3 is 0 Å². The third-order valence-electron chi connectivity index (χ3n) is 11.1. The molecule has 2 aliphatic rings. The largest absolute Gasteiger partial charge is 0.487 e. The van der Waals surface area contributed by atoms with Gasteiger partial charge in [0.1, 0.15) is 23.2 Å². The number of amidine groups is 1. The van der Waals surface area contributed by atoms with Gasteiger partial charge in [-0.25, -0.2) is 13.1 Å². The van der Waals surface area contributed by atoms with Gasteiger partial charge in [-0.3, -0.25) is 14.4 Å². The van der Waals surface area contributed by atoms with E-state index < -0.39 is 67.7 Å². The van der Waals surface area contributed by atoms with E-state index >= 15 is 0 Å². The summed E-state index contributed by atoms with van der Waals surface area (Å²) >= 11 is 0. The van der Waals surface area contributed by atoms with Crippen molar-refractivity contribution in [3.8, 4) is 5.75 Å². The van der Waals surface area contributed by atoms with Crippen LogP contribution in [-0.2, 0) is 40.9 Å². The number of Topliss-reactive ketones (excluding diaryl/α,β-unsaturated/α-hetero) is 1. The average Bonchev–Trinajstić information content (AvgIpc) is 3.79. The molecular weight excluding hydrogens is 781 g/mol. The van der Waals surface area contributed by atoms with Gasteiger partial charge in [0, 0.05) is 48.7 Å². The minimum atomic E-state index is -4.16. The van der Waals surface area contributed by atoms with Crippen molar-refractivity contribution in [1.29, 1.82) is 0 Å². The number of unbranched alkanes of at least 4 members (excludes halogenated alkanes) is 1. The fourth-order valence-electron chi connectivity index (χ4n) is 7.79. The van der Waals surface area contributed by atoms with Crippen molar-refractivity contribution in [3.63, 3.8) is 0 Å². The number of carbonyl (C=O) groups excluding carboxylic acids is 3. The molecule has 6 N–H and O–H groups in total. The lowest BCUT2D eigenvalue weighted by molar-refractivity contribution is -0.133. The second-order valence-electron chi connectivity index (χ2n) is 16.0. The van der Waals surface area contributed by atoms with Crippen LogP contribution < -0.4 is 31.1 Å². The van der Waals surface area contributed by atoms with Gasteiger partial charge in [0.15, 0.2) is 5.78 Å². The molecule has 0 spiro atoms. The molecule has 1 heterocycles. The van der Waals surface area contributed by atoms with Gasteiger partial charge in [0.25, 0.3) is 10.0 Å². The van der Waals surface area contributed by atoms with Crippen LogP contribution in [0.4, 0.5) is 11.4 Å². The number of nitrogens with zero attached hydrogens (tertiary/aromatic N) is 1. The molecule has 14 nitrogen and oxygen atoms in total. The third kappa shape index (κ3) is 10.4. The number of ketones is 1. The lowest BCUT2D eigenvalue weighted by Gasteiger charge is -2.23. The van der Waals surface area contributed by atoms with Gasteiger partial charge < -0.3 is 26.4 Å². The Bertz CT molecular complexity index is 2290. The molecule has 0 saturated heterocycles. The highest BCUT2D eigenvalue weighted by atomic mass is 32.2. The minimum Gasteiger partial charge on any atom is -0.487 e. The number of carbonyl (C=O) groups is 3. The van der Waals surface area contributed by atoms with Crippen LogP contribution >= 0.6 is 0 Å². The maximum atomic E-state index is 13.8. The van der Waals surface area contributed by atoms with Gasteiger partial charge in [-0.1, -0.05) is 30.5 Å². The number of benzene rings is 3. The second-order valence-corrected chi connectivity index (χ2v) is 19.3. The summed E-state index contributed by atoms with van der Waals surface area (Å²) in [6.07, 6.45) is 3.04. The maximum Gasteiger partial charge on any atom is 0.284 e. The molecule has 2 amide bonds. The number of hydrogen-bond donors (Lipinski definition) is 5. The van der Waals surface area contributed by atoms with Crippen LogP contribution in [0.25, 0.3) is 0 Å². The molecule has 0 radical (unpaired) electrons. The molecule has 1 aliphatic carbocycles. The molecular formula is C42H56N6O8S2. The highest BCUT2D eigenvalue weighted by Crippen LogP contribution is 2.44. The first-order valence-corrected chi connectivity index (χ1v) is 22.5. The van der Waals surface area contributed by atoms with Crippen LogP contribution in [0.1, 0.15) is 86.6 Å². The van der Waals surface area contributed by atoms with Gasteiger partial charge in [0.05, 0.1) is 16.3 Å². The lowest BCUT2D eigenvalue weighted by Crippen LogP contribution is -2.47. The number of fused-ring (bicyclic) bond motifs is 1. The Hall–Kier alpha value is -4.80. The smallest absolute Gasteiger partial charge is 0.284 e. The summed E-state index contributed by atoms with van der Waals surface area (Å²) in [4.78, 5) is 40.9. The van der Waals surface area contributed by atoms with Crippen molar-refractivity contribution in [2.45, 2.75) is 114 Å². The summed E-state index contributed by atoms with van der Waals surface area (Å²) in [6, 6.07) is 12.3. The van der Waals surface area contributed by atoms with Crippen molar-refractivity contribution in [1.82, 2.24) is 10.0 Å². The molecule has 0 bridgehead atoms. The molecule has 5 rings (SSSR count). The van der Waals surface area contributed by atoms with Crippen molar-refractivity contribution < 1.29 is 36.0 Å². The molecule has 314 valence electrons. The Morgan fingerprint density at radius 3 is 2.17 bits per heavy atom. The summed E-state index contributed by atoms with van der Waals surface area (Å²) in [7, 11) is -6.33. The molecule has 3 atom stereocenters. The zero-order valence-electron chi connectivity index (χ0n) is 34.3. The average molecular weight is 837 g/mol. The Kier molecular flexibility index (Phi) is 13.7. The van der Waals surface area contributed by atoms with Gasteiger partial charge in [-0.05, 0) is 120 Å². The molecule has 0 aromatic heterocycles. The number of ether oxygens (including phenoxy) is 1. The number of rotatable bonds is 17. The number of hydrogen-bond acceptors (Lipinski definition) is 9. The van der Waals surface area contributed by atoms with E-state index in [0.29, 0.717) is 61.1 Å². The summed E-state index contributed by atoms with van der Waals surface area (Å²) in [5.41, 5.74) is 10.8. The zero-order valence-corrected chi connectivity index (χ0v) is 36.0. The number of amides is 2. The van der Waals surface area contributed by atoms with E-state index in [1.165, 1.54) is 12.1 Å². The monoisotopic (exact) mass is 836 g/mol. The Morgan fingerprint density at radius 1 is 0.879 bits per heavy atom. The van der Waals surface area contributed by atoms with E-state index in [0.717, 1.165) is 22.4 Å². The van der Waals surface area contributed by atoms with Crippen LogP contribution in [0.5, 0.6) is 5.75 Å². The van der Waals surface area contributed by atoms with Crippen LogP contribution in [0.3, 0.4) is 0 Å². The highest BCUT2D eigenvalue weighted by Gasteiger charge is 2.39. The molecule has 3 aromatic rings. The lowest BCUT2D eigenvalue weighted by atomic mass is 9.90. The molecule has 1 unspecified atom stereocenters. The SMILES string of the molecule is CNc1ccc(NC(=O)[C@H](CCCC/C(N)=N/S(=O)(=O)c2c(C)c(C)c3c(c2C)CC(C)(C)O3)NC(=O)[C@@H]2CCCC2C(=O)CNS(=O)(=O)c2ccc(C)cc2)cc1. The first kappa shape index (κ1) is 44.3. The Labute approximate surface area is 342 Å². The van der Waals surface area contributed by atoms with Crippen molar-refractivity contribution in [2.24, 2.45) is 22.0 Å². The molecule has 1 saturated carbocycles. The minimum absolute atomic E-state index is 0.0368. The molecule has 58 heavy (non-hydrogen) atoms. The van der Waals surface area contributed by atoms with E-state index in [1.54, 1.807) is 57.3 Å². The quantitative estimate of drug-likeness (QED) is 0.0666. The predicted molar refractivity (Wildman–Crippen MR) is 225 cm³/mol. The van der Waals surface area contributed by atoms with E-state index in [-0.39, 0.29) is 28.5 Å². The van der Waals surface area contributed by atoms with E-state index in [1.807, 2.05) is 27.7 Å². The van der Waals surface area contributed by atoms with E-state index in [2.05, 4.69) is 25.1 Å². The number of sulfonamides is 2. The topological polar surface area (TPSA) is 215 Å². The fourth-order valence-corrected chi connectivity index (χ4v) is 10.3. The first-order chi connectivity index (χ1) is 27.2. The van der Waals surface area contributed by atoms with Gasteiger partial charge in [0.2, 0.25) is 21.8 Å². The van der Waals surface area contributed by atoms with Gasteiger partial charge in [-0.15, -0.1) is 4.40 Å². The van der Waals surface area contributed by atoms with Gasteiger partial charge in [-0.2, -0.15) is 8.42 Å². The van der Waals surface area contributed by atoms with E-state index in [4.69, 9.17) is 10.5 Å². The summed E-state index contributed by atoms with van der Waals surface area (Å²) in [5.74, 6) is -2.17. The first-order valence-electron chi connectivity index (χ1n) is 19.6. The van der Waals surface area contributed by atoms with Crippen LogP contribution in [0.2, 0.25) is 0 Å². The molecule has 3 aromatic carbocycles. The Morgan fingerprint density at radius 2 is 1.52 bits per heavy atom. The molecule has 1 fully saturated rings. The molecule has 16 heteroatoms. The Balaban J connectivity index is 1.25. The van der Waals surface area contributed by atoms with Crippen molar-refractivity contribution >= 4 is 54.9 Å². The van der Waals surface area contributed by atoms with Crippen LogP contribution in [0.15, 0.2) is 62.7 Å². The standard InChI is InChI=1S/C42H56N6O8S2/c1-25-15-21-31(22-16-25)57(52,53)45-24-36(49)32-11-10-12-33(32)40(50)47-35(41(51)46-30-19-17-29(44-7)18-20-30)13-8-9-14-37(43)48-58(54,55)39-27(3)26(2)38-34(28(39)4)23-42(5,6)56-38/h15-22,32-33,35,44-45H,8-14,23-24H2,1-7H3,(H2,43,48)(H,46,51)(H,47,50)/t32?,33-,35+/m1/s1. The normalized spacial score (nSPS) is 18.2. The molecule has 1 aliphatic heterocycles. The van der Waals surface area contributed by atoms with Crippen molar-refractivity contribution in [2.75, 3.05) is 24.2 Å². The zero-order chi connectivity index (χ0) is 42.6.